The van der Waals surface area contributed by atoms with Gasteiger partial charge in [0.2, 0.25) is 0 Å². The number of halogens is 1. The number of sulfone groups is 1. The van der Waals surface area contributed by atoms with Gasteiger partial charge in [-0.1, -0.05) is 12.1 Å². The molecule has 0 spiro atoms. The first-order valence-corrected chi connectivity index (χ1v) is 7.19. The molecule has 0 bridgehead atoms. The summed E-state index contributed by atoms with van der Waals surface area (Å²) in [4.78, 5) is 12.5. The van der Waals surface area contributed by atoms with Crippen LogP contribution in [0.3, 0.4) is 0 Å². The topological polar surface area (TPSA) is 54.5 Å². The van der Waals surface area contributed by atoms with E-state index in [1.165, 1.54) is 17.0 Å². The molecule has 0 saturated carbocycles. The van der Waals surface area contributed by atoms with Crippen LogP contribution < -0.4 is 0 Å². The maximum atomic E-state index is 11.2. The molecule has 0 aliphatic carbocycles. The van der Waals surface area contributed by atoms with Crippen LogP contribution >= 0.6 is 15.9 Å². The molecular formula is C10H12BrNO3S. The van der Waals surface area contributed by atoms with E-state index in [-0.39, 0.29) is 9.71 Å². The monoisotopic (exact) mass is 305 g/mol. The number of nitrogens with zero attached hydrogens (tertiary/aromatic N) is 1. The third-order valence-corrected chi connectivity index (χ3v) is 3.81. The first-order chi connectivity index (χ1) is 7.30. The predicted octanol–water partition coefficient (Wildman–Crippen LogP) is 2.04. The standard InChI is InChI=1S/C10H12BrNO3S/c1-12(10(11)13)7-8-3-5-9(6-4-8)16(2,14)15/h3-6H,7H2,1-2H3. The minimum atomic E-state index is -3.15. The van der Waals surface area contributed by atoms with E-state index >= 15 is 0 Å². The van der Waals surface area contributed by atoms with Gasteiger partial charge in [-0.05, 0) is 17.7 Å². The summed E-state index contributed by atoms with van der Waals surface area (Å²) in [6.07, 6.45) is 1.16. The van der Waals surface area contributed by atoms with Crippen LogP contribution in [0.5, 0.6) is 0 Å². The Morgan fingerprint density at radius 1 is 1.31 bits per heavy atom. The second-order valence-electron chi connectivity index (χ2n) is 3.53. The summed E-state index contributed by atoms with van der Waals surface area (Å²) in [7, 11) is -1.50. The first kappa shape index (κ1) is 13.2. The van der Waals surface area contributed by atoms with E-state index in [2.05, 4.69) is 15.9 Å². The fourth-order valence-corrected chi connectivity index (χ4v) is 1.93. The lowest BCUT2D eigenvalue weighted by Crippen LogP contribution is -2.19. The molecule has 0 radical (unpaired) electrons. The van der Waals surface area contributed by atoms with Gasteiger partial charge in [-0.15, -0.1) is 0 Å². The SMILES string of the molecule is CN(Cc1ccc(S(C)(=O)=O)cc1)C(=O)Br. The number of rotatable bonds is 3. The highest BCUT2D eigenvalue weighted by Gasteiger charge is 2.08. The molecule has 0 aromatic heterocycles. The molecule has 1 amide bonds. The van der Waals surface area contributed by atoms with Crippen LogP contribution in [0.25, 0.3) is 0 Å². The van der Waals surface area contributed by atoms with Crippen LogP contribution in [0, 0.1) is 0 Å². The van der Waals surface area contributed by atoms with Crippen molar-refractivity contribution in [3.05, 3.63) is 29.8 Å². The summed E-state index contributed by atoms with van der Waals surface area (Å²) in [6, 6.07) is 6.47. The van der Waals surface area contributed by atoms with Crippen molar-refractivity contribution in [2.24, 2.45) is 0 Å². The van der Waals surface area contributed by atoms with Gasteiger partial charge in [-0.3, -0.25) is 4.79 Å². The Bertz CT molecular complexity index is 481. The van der Waals surface area contributed by atoms with Crippen LogP contribution in [-0.4, -0.2) is 31.4 Å². The normalized spacial score (nSPS) is 11.2. The lowest BCUT2D eigenvalue weighted by atomic mass is 10.2. The molecule has 0 saturated heterocycles. The van der Waals surface area contributed by atoms with Gasteiger partial charge in [0, 0.05) is 35.8 Å². The Labute approximate surface area is 103 Å². The smallest absolute Gasteiger partial charge is 0.289 e. The average Bonchev–Trinajstić information content (AvgIpc) is 2.17. The zero-order valence-corrected chi connectivity index (χ0v) is 11.4. The van der Waals surface area contributed by atoms with Crippen molar-refractivity contribution in [3.8, 4) is 0 Å². The number of benzene rings is 1. The molecule has 0 atom stereocenters. The van der Waals surface area contributed by atoms with Crippen molar-refractivity contribution in [3.63, 3.8) is 0 Å². The van der Waals surface area contributed by atoms with E-state index in [9.17, 15) is 13.2 Å². The van der Waals surface area contributed by atoms with Gasteiger partial charge in [0.15, 0.2) is 9.84 Å². The van der Waals surface area contributed by atoms with Gasteiger partial charge in [-0.2, -0.15) is 0 Å². The van der Waals surface area contributed by atoms with E-state index in [4.69, 9.17) is 0 Å². The van der Waals surface area contributed by atoms with Gasteiger partial charge in [-0.25, -0.2) is 8.42 Å². The summed E-state index contributed by atoms with van der Waals surface area (Å²) in [5.74, 6) is 0. The van der Waals surface area contributed by atoms with Crippen molar-refractivity contribution in [1.82, 2.24) is 4.90 Å². The molecule has 88 valence electrons. The Morgan fingerprint density at radius 3 is 2.19 bits per heavy atom. The molecule has 0 heterocycles. The predicted molar refractivity (Wildman–Crippen MR) is 65.3 cm³/mol. The maximum Gasteiger partial charge on any atom is 0.289 e. The van der Waals surface area contributed by atoms with Gasteiger partial charge in [0.1, 0.15) is 0 Å². The molecule has 0 aliphatic rings. The van der Waals surface area contributed by atoms with Crippen molar-refractivity contribution < 1.29 is 13.2 Å². The highest BCUT2D eigenvalue weighted by Crippen LogP contribution is 2.12. The second-order valence-corrected chi connectivity index (χ2v) is 6.22. The Hall–Kier alpha value is -0.880. The third-order valence-electron chi connectivity index (χ3n) is 2.07. The third kappa shape index (κ3) is 3.61. The molecule has 1 aromatic rings. The van der Waals surface area contributed by atoms with E-state index in [0.717, 1.165) is 11.8 Å². The fraction of sp³-hybridized carbons (Fsp3) is 0.300. The summed E-state index contributed by atoms with van der Waals surface area (Å²) < 4.78 is 22.4. The number of hydrogen-bond donors (Lipinski definition) is 0. The zero-order valence-electron chi connectivity index (χ0n) is 8.97. The zero-order chi connectivity index (χ0) is 12.3. The molecule has 0 unspecified atom stereocenters. The minimum absolute atomic E-state index is 0.209. The summed E-state index contributed by atoms with van der Waals surface area (Å²) in [5.41, 5.74) is 0.878. The Morgan fingerprint density at radius 2 is 1.81 bits per heavy atom. The molecule has 0 aliphatic heterocycles. The summed E-state index contributed by atoms with van der Waals surface area (Å²) in [5, 5.41) is 0. The van der Waals surface area contributed by atoms with Crippen molar-refractivity contribution >= 4 is 30.6 Å². The van der Waals surface area contributed by atoms with Crippen LogP contribution in [0.15, 0.2) is 29.2 Å². The molecular weight excluding hydrogens is 294 g/mol. The van der Waals surface area contributed by atoms with E-state index in [0.29, 0.717) is 6.54 Å². The lowest BCUT2D eigenvalue weighted by Gasteiger charge is -2.13. The van der Waals surface area contributed by atoms with Crippen LogP contribution in [0.2, 0.25) is 0 Å². The summed E-state index contributed by atoms with van der Waals surface area (Å²) >= 11 is 2.83. The minimum Gasteiger partial charge on any atom is -0.332 e. The van der Waals surface area contributed by atoms with Gasteiger partial charge in [0.05, 0.1) is 4.90 Å². The van der Waals surface area contributed by atoms with E-state index in [1.54, 1.807) is 19.2 Å². The van der Waals surface area contributed by atoms with Crippen molar-refractivity contribution in [1.29, 1.82) is 0 Å². The van der Waals surface area contributed by atoms with E-state index < -0.39 is 9.84 Å². The fourth-order valence-electron chi connectivity index (χ4n) is 1.18. The number of carbonyl (C=O) groups excluding carboxylic acids is 1. The van der Waals surface area contributed by atoms with Crippen molar-refractivity contribution in [2.75, 3.05) is 13.3 Å². The van der Waals surface area contributed by atoms with E-state index in [1.807, 2.05) is 0 Å². The number of hydrogen-bond acceptors (Lipinski definition) is 3. The number of carbonyl (C=O) groups is 1. The summed E-state index contributed by atoms with van der Waals surface area (Å²) in [6.45, 7) is 0.439. The van der Waals surface area contributed by atoms with Gasteiger partial charge >= 0.3 is 0 Å². The van der Waals surface area contributed by atoms with Gasteiger partial charge in [0.25, 0.3) is 4.82 Å². The largest absolute Gasteiger partial charge is 0.332 e. The Balaban J connectivity index is 2.84. The molecule has 0 fully saturated rings. The first-order valence-electron chi connectivity index (χ1n) is 4.50. The molecule has 0 N–H and O–H groups in total. The maximum absolute atomic E-state index is 11.2. The quantitative estimate of drug-likeness (QED) is 0.634. The molecule has 16 heavy (non-hydrogen) atoms. The molecule has 6 heteroatoms. The average molecular weight is 306 g/mol. The van der Waals surface area contributed by atoms with Crippen molar-refractivity contribution in [2.45, 2.75) is 11.4 Å². The van der Waals surface area contributed by atoms with Crippen LogP contribution in [0.1, 0.15) is 5.56 Å². The number of amides is 1. The van der Waals surface area contributed by atoms with Crippen LogP contribution in [0.4, 0.5) is 4.79 Å². The second kappa shape index (κ2) is 4.97. The Kier molecular flexibility index (Phi) is 4.09. The molecule has 1 aromatic carbocycles. The molecule has 1 rings (SSSR count). The molecule has 4 nitrogen and oxygen atoms in total. The van der Waals surface area contributed by atoms with Gasteiger partial charge < -0.3 is 4.90 Å². The highest BCUT2D eigenvalue weighted by atomic mass is 79.9. The highest BCUT2D eigenvalue weighted by molar-refractivity contribution is 9.18. The van der Waals surface area contributed by atoms with Crippen LogP contribution in [-0.2, 0) is 16.4 Å². The lowest BCUT2D eigenvalue weighted by molar-refractivity contribution is 0.233.